The van der Waals surface area contributed by atoms with E-state index in [4.69, 9.17) is 5.73 Å². The minimum atomic E-state index is 0.229. The van der Waals surface area contributed by atoms with Gasteiger partial charge in [0.25, 0.3) is 0 Å². The SMILES string of the molecule is Cc1ccc(C)c(C(CN)C(C)(C)C)c1. The molecule has 1 atom stereocenters. The second kappa shape index (κ2) is 4.36. The van der Waals surface area contributed by atoms with E-state index in [1.54, 1.807) is 0 Å². The Morgan fingerprint density at radius 2 is 1.80 bits per heavy atom. The molecule has 0 spiro atoms. The van der Waals surface area contributed by atoms with Crippen molar-refractivity contribution in [3.05, 3.63) is 34.9 Å². The van der Waals surface area contributed by atoms with Crippen molar-refractivity contribution in [3.8, 4) is 0 Å². The number of rotatable bonds is 2. The number of nitrogens with two attached hydrogens (primary N) is 1. The predicted molar refractivity (Wildman–Crippen MR) is 67.2 cm³/mol. The Morgan fingerprint density at radius 1 is 1.20 bits per heavy atom. The van der Waals surface area contributed by atoms with Gasteiger partial charge in [-0.05, 0) is 36.9 Å². The molecule has 0 aliphatic heterocycles. The first-order chi connectivity index (χ1) is 6.86. The number of benzene rings is 1. The average Bonchev–Trinajstić information content (AvgIpc) is 2.10. The van der Waals surface area contributed by atoms with Gasteiger partial charge in [-0.2, -0.15) is 0 Å². The van der Waals surface area contributed by atoms with Crippen LogP contribution in [0.25, 0.3) is 0 Å². The van der Waals surface area contributed by atoms with E-state index in [1.165, 1.54) is 16.7 Å². The largest absolute Gasteiger partial charge is 0.330 e. The first kappa shape index (κ1) is 12.3. The summed E-state index contributed by atoms with van der Waals surface area (Å²) >= 11 is 0. The topological polar surface area (TPSA) is 26.0 Å². The summed E-state index contributed by atoms with van der Waals surface area (Å²) in [6.45, 7) is 11.8. The van der Waals surface area contributed by atoms with Gasteiger partial charge in [-0.1, -0.05) is 44.5 Å². The van der Waals surface area contributed by atoms with E-state index in [0.717, 1.165) is 0 Å². The molecule has 0 saturated carbocycles. The zero-order valence-corrected chi connectivity index (χ0v) is 10.6. The lowest BCUT2D eigenvalue weighted by Gasteiger charge is -2.31. The highest BCUT2D eigenvalue weighted by Gasteiger charge is 2.25. The summed E-state index contributed by atoms with van der Waals surface area (Å²) in [5, 5.41) is 0. The molecule has 0 aliphatic rings. The summed E-state index contributed by atoms with van der Waals surface area (Å²) in [5.41, 5.74) is 10.2. The fourth-order valence-corrected chi connectivity index (χ4v) is 2.08. The maximum Gasteiger partial charge on any atom is 0.00125 e. The van der Waals surface area contributed by atoms with E-state index >= 15 is 0 Å². The maximum absolute atomic E-state index is 5.91. The molecule has 0 fully saturated rings. The van der Waals surface area contributed by atoms with Crippen molar-refractivity contribution in [2.45, 2.75) is 40.5 Å². The first-order valence-electron chi connectivity index (χ1n) is 5.63. The molecule has 1 aromatic rings. The molecule has 1 unspecified atom stereocenters. The van der Waals surface area contributed by atoms with Crippen LogP contribution in [0.15, 0.2) is 18.2 Å². The van der Waals surface area contributed by atoms with E-state index in [9.17, 15) is 0 Å². The minimum Gasteiger partial charge on any atom is -0.330 e. The smallest absolute Gasteiger partial charge is 0.00125 e. The standard InChI is InChI=1S/C14H23N/c1-10-6-7-11(2)12(8-10)13(9-15)14(3,4)5/h6-8,13H,9,15H2,1-5H3. The summed E-state index contributed by atoms with van der Waals surface area (Å²) in [6, 6.07) is 6.63. The van der Waals surface area contributed by atoms with Crippen molar-refractivity contribution in [1.82, 2.24) is 0 Å². The lowest BCUT2D eigenvalue weighted by atomic mass is 9.75. The Labute approximate surface area is 93.7 Å². The van der Waals surface area contributed by atoms with Crippen molar-refractivity contribution in [1.29, 1.82) is 0 Å². The molecule has 0 bridgehead atoms. The van der Waals surface area contributed by atoms with Gasteiger partial charge in [-0.3, -0.25) is 0 Å². The highest BCUT2D eigenvalue weighted by Crippen LogP contribution is 2.35. The fourth-order valence-electron chi connectivity index (χ4n) is 2.08. The van der Waals surface area contributed by atoms with Crippen molar-refractivity contribution in [3.63, 3.8) is 0 Å². The Hall–Kier alpha value is -0.820. The molecule has 1 nitrogen and oxygen atoms in total. The Bertz CT molecular complexity index is 334. The second-order valence-electron chi connectivity index (χ2n) is 5.51. The Morgan fingerprint density at radius 3 is 2.27 bits per heavy atom. The summed E-state index contributed by atoms with van der Waals surface area (Å²) in [7, 11) is 0. The molecule has 1 aromatic carbocycles. The maximum atomic E-state index is 5.91. The monoisotopic (exact) mass is 205 g/mol. The van der Waals surface area contributed by atoms with Gasteiger partial charge in [0.1, 0.15) is 0 Å². The van der Waals surface area contributed by atoms with E-state index in [2.05, 4.69) is 52.8 Å². The number of aryl methyl sites for hydroxylation is 2. The summed E-state index contributed by atoms with van der Waals surface area (Å²) in [4.78, 5) is 0. The molecular weight excluding hydrogens is 182 g/mol. The zero-order valence-electron chi connectivity index (χ0n) is 10.6. The number of hydrogen-bond acceptors (Lipinski definition) is 1. The van der Waals surface area contributed by atoms with Crippen molar-refractivity contribution in [2.24, 2.45) is 11.1 Å². The van der Waals surface area contributed by atoms with E-state index in [-0.39, 0.29) is 5.41 Å². The van der Waals surface area contributed by atoms with E-state index < -0.39 is 0 Å². The van der Waals surface area contributed by atoms with Crippen LogP contribution in [0.3, 0.4) is 0 Å². The zero-order chi connectivity index (χ0) is 11.6. The van der Waals surface area contributed by atoms with Gasteiger partial charge in [0, 0.05) is 5.92 Å². The third-order valence-electron chi connectivity index (χ3n) is 3.09. The van der Waals surface area contributed by atoms with E-state index in [0.29, 0.717) is 12.5 Å². The lowest BCUT2D eigenvalue weighted by molar-refractivity contribution is 0.324. The molecule has 0 radical (unpaired) electrons. The summed E-state index contributed by atoms with van der Waals surface area (Å²) < 4.78 is 0. The molecule has 0 aliphatic carbocycles. The molecule has 84 valence electrons. The van der Waals surface area contributed by atoms with Crippen LogP contribution in [-0.4, -0.2) is 6.54 Å². The van der Waals surface area contributed by atoms with Crippen LogP contribution in [0.4, 0.5) is 0 Å². The van der Waals surface area contributed by atoms with Crippen LogP contribution in [0.5, 0.6) is 0 Å². The molecule has 15 heavy (non-hydrogen) atoms. The minimum absolute atomic E-state index is 0.229. The van der Waals surface area contributed by atoms with Gasteiger partial charge in [-0.25, -0.2) is 0 Å². The Balaban J connectivity index is 3.18. The van der Waals surface area contributed by atoms with Crippen molar-refractivity contribution >= 4 is 0 Å². The second-order valence-corrected chi connectivity index (χ2v) is 5.51. The van der Waals surface area contributed by atoms with Crippen LogP contribution in [0.2, 0.25) is 0 Å². The molecule has 0 heterocycles. The normalized spacial score (nSPS) is 14.0. The number of hydrogen-bond donors (Lipinski definition) is 1. The van der Waals surface area contributed by atoms with Crippen LogP contribution in [-0.2, 0) is 0 Å². The van der Waals surface area contributed by atoms with Crippen molar-refractivity contribution < 1.29 is 0 Å². The van der Waals surface area contributed by atoms with Crippen LogP contribution >= 0.6 is 0 Å². The third kappa shape index (κ3) is 2.82. The fraction of sp³-hybridized carbons (Fsp3) is 0.571. The van der Waals surface area contributed by atoms with Gasteiger partial charge >= 0.3 is 0 Å². The van der Waals surface area contributed by atoms with Gasteiger partial charge in [0.2, 0.25) is 0 Å². The van der Waals surface area contributed by atoms with E-state index in [1.807, 2.05) is 0 Å². The molecule has 0 aromatic heterocycles. The molecule has 1 rings (SSSR count). The molecule has 2 N–H and O–H groups in total. The first-order valence-corrected chi connectivity index (χ1v) is 5.63. The predicted octanol–water partition coefficient (Wildman–Crippen LogP) is 3.39. The average molecular weight is 205 g/mol. The lowest BCUT2D eigenvalue weighted by Crippen LogP contribution is -2.26. The summed E-state index contributed by atoms with van der Waals surface area (Å²) in [6.07, 6.45) is 0. The Kier molecular flexibility index (Phi) is 3.56. The molecule has 0 saturated heterocycles. The molecule has 1 heteroatoms. The van der Waals surface area contributed by atoms with Gasteiger partial charge in [0.15, 0.2) is 0 Å². The summed E-state index contributed by atoms with van der Waals surface area (Å²) in [5.74, 6) is 0.442. The van der Waals surface area contributed by atoms with Crippen LogP contribution < -0.4 is 5.73 Å². The molecular formula is C14H23N. The van der Waals surface area contributed by atoms with Crippen LogP contribution in [0.1, 0.15) is 43.4 Å². The molecule has 0 amide bonds. The van der Waals surface area contributed by atoms with Crippen LogP contribution in [0, 0.1) is 19.3 Å². The van der Waals surface area contributed by atoms with Gasteiger partial charge in [-0.15, -0.1) is 0 Å². The highest BCUT2D eigenvalue weighted by molar-refractivity contribution is 5.34. The van der Waals surface area contributed by atoms with Crippen molar-refractivity contribution in [2.75, 3.05) is 6.54 Å². The van der Waals surface area contributed by atoms with Gasteiger partial charge < -0.3 is 5.73 Å². The third-order valence-corrected chi connectivity index (χ3v) is 3.09. The quantitative estimate of drug-likeness (QED) is 0.787. The highest BCUT2D eigenvalue weighted by atomic mass is 14.6. The van der Waals surface area contributed by atoms with Gasteiger partial charge in [0.05, 0.1) is 0 Å².